The van der Waals surface area contributed by atoms with Gasteiger partial charge in [-0.1, -0.05) is 12.1 Å². The fourth-order valence-corrected chi connectivity index (χ4v) is 2.66. The Morgan fingerprint density at radius 3 is 2.95 bits per heavy atom. The highest BCUT2D eigenvalue weighted by Gasteiger charge is 2.16. The minimum absolute atomic E-state index is 0.119. The summed E-state index contributed by atoms with van der Waals surface area (Å²) in [6.07, 6.45) is 1.41. The molecule has 1 aromatic carbocycles. The van der Waals surface area contributed by atoms with Crippen LogP contribution in [0.5, 0.6) is 11.6 Å². The van der Waals surface area contributed by atoms with Crippen molar-refractivity contribution < 1.29 is 14.6 Å². The first-order chi connectivity index (χ1) is 9.66. The molecule has 0 amide bonds. The Balaban J connectivity index is 2.12. The van der Waals surface area contributed by atoms with E-state index < -0.39 is 5.97 Å². The Hall–Kier alpha value is -2.47. The van der Waals surface area contributed by atoms with Crippen LogP contribution in [0, 0.1) is 6.92 Å². The highest BCUT2D eigenvalue weighted by atomic mass is 32.1. The van der Waals surface area contributed by atoms with Gasteiger partial charge in [0.1, 0.15) is 22.3 Å². The Kier molecular flexibility index (Phi) is 3.08. The van der Waals surface area contributed by atoms with Gasteiger partial charge in [-0.25, -0.2) is 14.8 Å². The van der Waals surface area contributed by atoms with Crippen LogP contribution in [-0.2, 0) is 0 Å². The molecule has 0 aliphatic carbocycles. The van der Waals surface area contributed by atoms with Crippen molar-refractivity contribution in [3.05, 3.63) is 47.1 Å². The van der Waals surface area contributed by atoms with Crippen LogP contribution in [0.4, 0.5) is 0 Å². The van der Waals surface area contributed by atoms with Crippen LogP contribution in [0.15, 0.2) is 36.0 Å². The van der Waals surface area contributed by atoms with Crippen molar-refractivity contribution in [3.8, 4) is 11.6 Å². The van der Waals surface area contributed by atoms with Crippen molar-refractivity contribution in [1.82, 2.24) is 9.97 Å². The van der Waals surface area contributed by atoms with E-state index in [4.69, 9.17) is 4.74 Å². The summed E-state index contributed by atoms with van der Waals surface area (Å²) in [5.41, 5.74) is 1.65. The van der Waals surface area contributed by atoms with Crippen LogP contribution in [0.2, 0.25) is 0 Å². The molecule has 6 heteroatoms. The first-order valence-electron chi connectivity index (χ1n) is 5.86. The second kappa shape index (κ2) is 4.90. The topological polar surface area (TPSA) is 72.3 Å². The molecule has 0 fully saturated rings. The van der Waals surface area contributed by atoms with Crippen molar-refractivity contribution in [2.75, 3.05) is 0 Å². The largest absolute Gasteiger partial charge is 0.478 e. The zero-order valence-corrected chi connectivity index (χ0v) is 11.3. The molecule has 0 bridgehead atoms. The molecule has 2 aromatic heterocycles. The Labute approximate surface area is 118 Å². The number of rotatable bonds is 3. The van der Waals surface area contributed by atoms with Gasteiger partial charge < -0.3 is 9.84 Å². The van der Waals surface area contributed by atoms with Crippen LogP contribution in [0.1, 0.15) is 15.9 Å². The van der Waals surface area contributed by atoms with Crippen LogP contribution in [0.3, 0.4) is 0 Å². The summed E-state index contributed by atoms with van der Waals surface area (Å²) in [7, 11) is 0. The van der Waals surface area contributed by atoms with Crippen molar-refractivity contribution in [2.45, 2.75) is 6.92 Å². The number of aryl methyl sites for hydroxylation is 1. The third-order valence-electron chi connectivity index (χ3n) is 2.85. The molecule has 1 N–H and O–H groups in total. The molecule has 3 rings (SSSR count). The number of fused-ring (bicyclic) bond motifs is 1. The third-order valence-corrected chi connectivity index (χ3v) is 3.74. The molecule has 0 aliphatic heterocycles. The molecule has 0 unspecified atom stereocenters. The fourth-order valence-electron chi connectivity index (χ4n) is 1.89. The standard InChI is InChI=1S/C14H10N2O3S/c1-8-3-2-4-9(14(17)18)11(8)19-13-12-10(5-6-20-12)15-7-16-13/h2-7H,1H3,(H,17,18). The lowest BCUT2D eigenvalue weighted by Crippen LogP contribution is -2.02. The summed E-state index contributed by atoms with van der Waals surface area (Å²) in [5.74, 6) is -0.338. The third kappa shape index (κ3) is 2.10. The van der Waals surface area contributed by atoms with Gasteiger partial charge in [0.2, 0.25) is 5.88 Å². The SMILES string of the molecule is Cc1cccc(C(=O)O)c1Oc1ncnc2ccsc12. The van der Waals surface area contributed by atoms with Crippen molar-refractivity contribution in [2.24, 2.45) is 0 Å². The van der Waals surface area contributed by atoms with E-state index in [2.05, 4.69) is 9.97 Å². The first kappa shape index (κ1) is 12.6. The van der Waals surface area contributed by atoms with Gasteiger partial charge in [-0.3, -0.25) is 0 Å². The molecule has 3 aromatic rings. The summed E-state index contributed by atoms with van der Waals surface area (Å²) in [6, 6.07) is 6.86. The van der Waals surface area contributed by atoms with E-state index in [0.29, 0.717) is 11.6 Å². The number of aromatic carboxylic acids is 1. The predicted molar refractivity (Wildman–Crippen MR) is 75.6 cm³/mol. The summed E-state index contributed by atoms with van der Waals surface area (Å²) >= 11 is 1.46. The maximum Gasteiger partial charge on any atom is 0.339 e. The van der Waals surface area contributed by atoms with Gasteiger partial charge in [0.05, 0.1) is 5.52 Å². The number of benzene rings is 1. The van der Waals surface area contributed by atoms with Gasteiger partial charge in [-0.2, -0.15) is 0 Å². The summed E-state index contributed by atoms with van der Waals surface area (Å²) in [4.78, 5) is 19.5. The zero-order chi connectivity index (χ0) is 14.1. The quantitative estimate of drug-likeness (QED) is 0.798. The Bertz CT molecular complexity index is 798. The monoisotopic (exact) mass is 286 g/mol. The lowest BCUT2D eigenvalue weighted by atomic mass is 10.1. The van der Waals surface area contributed by atoms with Gasteiger partial charge in [0, 0.05) is 0 Å². The predicted octanol–water partition coefficient (Wildman–Crippen LogP) is 3.49. The normalized spacial score (nSPS) is 10.7. The number of aromatic nitrogens is 2. The number of ether oxygens (including phenoxy) is 1. The number of carboxylic acid groups (broad SMARTS) is 1. The Morgan fingerprint density at radius 1 is 1.30 bits per heavy atom. The van der Waals surface area contributed by atoms with Gasteiger partial charge in [0.25, 0.3) is 0 Å². The van der Waals surface area contributed by atoms with Crippen molar-refractivity contribution in [3.63, 3.8) is 0 Å². The van der Waals surface area contributed by atoms with Crippen LogP contribution in [0.25, 0.3) is 10.2 Å². The van der Waals surface area contributed by atoms with E-state index in [1.54, 1.807) is 19.1 Å². The van der Waals surface area contributed by atoms with Crippen LogP contribution in [-0.4, -0.2) is 21.0 Å². The number of carboxylic acids is 1. The molecule has 0 aliphatic rings. The highest BCUT2D eigenvalue weighted by molar-refractivity contribution is 7.17. The highest BCUT2D eigenvalue weighted by Crippen LogP contribution is 2.33. The first-order valence-corrected chi connectivity index (χ1v) is 6.74. The molecule has 0 saturated heterocycles. The molecule has 5 nitrogen and oxygen atoms in total. The minimum Gasteiger partial charge on any atom is -0.478 e. The Morgan fingerprint density at radius 2 is 2.15 bits per heavy atom. The van der Waals surface area contributed by atoms with Crippen molar-refractivity contribution in [1.29, 1.82) is 0 Å². The molecule has 0 atom stereocenters. The molecule has 20 heavy (non-hydrogen) atoms. The number of para-hydroxylation sites is 1. The maximum atomic E-state index is 11.3. The van der Waals surface area contributed by atoms with Crippen LogP contribution >= 0.6 is 11.3 Å². The van der Waals surface area contributed by atoms with E-state index in [9.17, 15) is 9.90 Å². The summed E-state index contributed by atoms with van der Waals surface area (Å²) in [5, 5.41) is 11.1. The van der Waals surface area contributed by atoms with Crippen molar-refractivity contribution >= 4 is 27.5 Å². The van der Waals surface area contributed by atoms with E-state index in [0.717, 1.165) is 15.8 Å². The van der Waals surface area contributed by atoms with Crippen LogP contribution < -0.4 is 4.74 Å². The fraction of sp³-hybridized carbons (Fsp3) is 0.0714. The second-order valence-electron chi connectivity index (χ2n) is 4.17. The summed E-state index contributed by atoms with van der Waals surface area (Å²) in [6.45, 7) is 1.80. The molecule has 100 valence electrons. The molecule has 0 saturated carbocycles. The minimum atomic E-state index is -1.03. The molecular weight excluding hydrogens is 276 g/mol. The van der Waals surface area contributed by atoms with E-state index >= 15 is 0 Å². The second-order valence-corrected chi connectivity index (χ2v) is 5.09. The van der Waals surface area contributed by atoms with Gasteiger partial charge >= 0.3 is 5.97 Å². The lowest BCUT2D eigenvalue weighted by molar-refractivity contribution is 0.0694. The average Bonchev–Trinajstić information content (AvgIpc) is 2.90. The number of carbonyl (C=O) groups is 1. The molecule has 0 spiro atoms. The van der Waals surface area contributed by atoms with Gasteiger partial charge in [-0.15, -0.1) is 11.3 Å². The van der Waals surface area contributed by atoms with E-state index in [-0.39, 0.29) is 5.56 Å². The number of nitrogens with zero attached hydrogens (tertiary/aromatic N) is 2. The number of thiophene rings is 1. The van der Waals surface area contributed by atoms with Gasteiger partial charge in [0.15, 0.2) is 0 Å². The number of hydrogen-bond acceptors (Lipinski definition) is 5. The molecular formula is C14H10N2O3S. The zero-order valence-electron chi connectivity index (χ0n) is 10.5. The van der Waals surface area contributed by atoms with E-state index in [1.807, 2.05) is 11.4 Å². The van der Waals surface area contributed by atoms with E-state index in [1.165, 1.54) is 23.7 Å². The molecule has 0 radical (unpaired) electrons. The summed E-state index contributed by atoms with van der Waals surface area (Å²) < 4.78 is 6.55. The van der Waals surface area contributed by atoms with Gasteiger partial charge in [-0.05, 0) is 30.0 Å². The average molecular weight is 286 g/mol. The lowest BCUT2D eigenvalue weighted by Gasteiger charge is -2.10. The number of hydrogen-bond donors (Lipinski definition) is 1. The molecule has 2 heterocycles. The smallest absolute Gasteiger partial charge is 0.339 e. The maximum absolute atomic E-state index is 11.3.